The van der Waals surface area contributed by atoms with Gasteiger partial charge in [0.2, 0.25) is 0 Å². The molecule has 0 aliphatic rings. The number of hydrogen-bond donors (Lipinski definition) is 2. The van der Waals surface area contributed by atoms with Crippen molar-refractivity contribution in [3.05, 3.63) is 55.8 Å². The first-order valence-electron chi connectivity index (χ1n) is 5.38. The third-order valence-corrected chi connectivity index (χ3v) is 3.39. The van der Waals surface area contributed by atoms with E-state index in [4.69, 9.17) is 5.11 Å². The molecule has 8 heteroatoms. The first-order chi connectivity index (χ1) is 9.49. The summed E-state index contributed by atoms with van der Waals surface area (Å²) in [5.41, 5.74) is -0.199. The van der Waals surface area contributed by atoms with E-state index in [9.17, 15) is 14.9 Å². The molecule has 2 N–H and O–H groups in total. The van der Waals surface area contributed by atoms with E-state index >= 15 is 0 Å². The molecule has 0 atom stereocenters. The number of aromatic carboxylic acids is 1. The molecule has 0 unspecified atom stereocenters. The second kappa shape index (κ2) is 5.82. The average Bonchev–Trinajstić information content (AvgIpc) is 2.41. The van der Waals surface area contributed by atoms with Crippen molar-refractivity contribution in [2.45, 2.75) is 0 Å². The molecule has 102 valence electrons. The summed E-state index contributed by atoms with van der Waals surface area (Å²) in [5, 5.41) is 22.7. The number of carbonyl (C=O) groups is 1. The molecule has 0 saturated carbocycles. The molecule has 0 amide bonds. The summed E-state index contributed by atoms with van der Waals surface area (Å²) in [7, 11) is 0. The number of nitrogens with one attached hydrogen (secondary N) is 1. The fraction of sp³-hybridized carbons (Fsp3) is 0. The van der Waals surface area contributed by atoms with Crippen LogP contribution in [0.3, 0.4) is 0 Å². The minimum Gasteiger partial charge on any atom is -0.477 e. The quantitative estimate of drug-likeness (QED) is 0.476. The first kappa shape index (κ1) is 14.2. The molecule has 20 heavy (non-hydrogen) atoms. The van der Waals surface area contributed by atoms with Gasteiger partial charge in [-0.1, -0.05) is 12.1 Å². The van der Waals surface area contributed by atoms with Crippen LogP contribution in [-0.4, -0.2) is 21.0 Å². The summed E-state index contributed by atoms with van der Waals surface area (Å²) in [6, 6.07) is 8.48. The number of rotatable bonds is 4. The van der Waals surface area contributed by atoms with Crippen molar-refractivity contribution in [2.24, 2.45) is 0 Å². The largest absolute Gasteiger partial charge is 0.477 e. The molecule has 0 aliphatic heterocycles. The van der Waals surface area contributed by atoms with E-state index < -0.39 is 22.1 Å². The molecule has 0 bridgehead atoms. The maximum atomic E-state index is 11.0. The smallest absolute Gasteiger partial charge is 0.342 e. The zero-order valence-electron chi connectivity index (χ0n) is 9.91. The van der Waals surface area contributed by atoms with Crippen LogP contribution < -0.4 is 5.32 Å². The highest BCUT2D eigenvalue weighted by atomic mass is 127. The van der Waals surface area contributed by atoms with Crippen molar-refractivity contribution in [2.75, 3.05) is 5.32 Å². The zero-order valence-corrected chi connectivity index (χ0v) is 12.1. The fourth-order valence-corrected chi connectivity index (χ4v) is 2.06. The van der Waals surface area contributed by atoms with E-state index in [0.717, 1.165) is 21.5 Å². The van der Waals surface area contributed by atoms with Crippen molar-refractivity contribution in [1.29, 1.82) is 0 Å². The summed E-state index contributed by atoms with van der Waals surface area (Å²) in [6.07, 6.45) is 0.932. The first-order valence-corrected chi connectivity index (χ1v) is 6.46. The van der Waals surface area contributed by atoms with E-state index in [1.54, 1.807) is 6.07 Å². The predicted molar refractivity (Wildman–Crippen MR) is 80.3 cm³/mol. The van der Waals surface area contributed by atoms with Crippen LogP contribution in [0.25, 0.3) is 0 Å². The minimum atomic E-state index is -1.37. The molecule has 0 spiro atoms. The van der Waals surface area contributed by atoms with Gasteiger partial charge in [0, 0.05) is 9.64 Å². The Balaban J connectivity index is 2.40. The fourth-order valence-electron chi connectivity index (χ4n) is 1.53. The van der Waals surface area contributed by atoms with E-state index in [2.05, 4.69) is 32.9 Å². The third-order valence-electron chi connectivity index (χ3n) is 2.45. The van der Waals surface area contributed by atoms with Gasteiger partial charge in [-0.2, -0.15) is 0 Å². The topological polar surface area (TPSA) is 105 Å². The molecule has 2 rings (SSSR count). The number of nitro groups is 1. The predicted octanol–water partition coefficient (Wildman–Crippen LogP) is 3.04. The lowest BCUT2D eigenvalue weighted by atomic mass is 10.2. The highest BCUT2D eigenvalue weighted by Crippen LogP contribution is 2.24. The lowest BCUT2D eigenvalue weighted by Gasteiger charge is -2.08. The van der Waals surface area contributed by atoms with Crippen molar-refractivity contribution in [3.8, 4) is 0 Å². The second-order valence-corrected chi connectivity index (χ2v) is 4.92. The number of halogens is 1. The van der Waals surface area contributed by atoms with Crippen molar-refractivity contribution in [3.63, 3.8) is 0 Å². The van der Waals surface area contributed by atoms with Gasteiger partial charge in [0.25, 0.3) is 0 Å². The molecule has 0 saturated heterocycles. The molecule has 0 radical (unpaired) electrons. The normalized spacial score (nSPS) is 10.1. The summed E-state index contributed by atoms with van der Waals surface area (Å²) in [5.74, 6) is -1.14. The van der Waals surface area contributed by atoms with Gasteiger partial charge in [-0.15, -0.1) is 0 Å². The second-order valence-electron chi connectivity index (χ2n) is 3.75. The molecule has 1 heterocycles. The number of nitrogens with zero attached hydrogens (tertiary/aromatic N) is 2. The summed E-state index contributed by atoms with van der Waals surface area (Å²) < 4.78 is 0.919. The summed E-state index contributed by atoms with van der Waals surface area (Å²) in [6.45, 7) is 0. The van der Waals surface area contributed by atoms with Crippen LogP contribution in [0.15, 0.2) is 36.5 Å². The number of aromatic nitrogens is 1. The zero-order chi connectivity index (χ0) is 14.7. The maximum Gasteiger partial charge on any atom is 0.342 e. The number of pyridine rings is 1. The van der Waals surface area contributed by atoms with E-state index in [-0.39, 0.29) is 5.82 Å². The Bertz CT molecular complexity index is 690. The van der Waals surface area contributed by atoms with Crippen molar-refractivity contribution in [1.82, 2.24) is 4.98 Å². The summed E-state index contributed by atoms with van der Waals surface area (Å²) in [4.78, 5) is 24.9. The van der Waals surface area contributed by atoms with E-state index in [1.165, 1.54) is 0 Å². The molecule has 0 fully saturated rings. The Morgan fingerprint density at radius 3 is 2.70 bits per heavy atom. The SMILES string of the molecule is O=C(O)c1cc(Nc2ccccc2I)ncc1[N+](=O)[O-]. The van der Waals surface area contributed by atoms with Gasteiger partial charge in [-0.25, -0.2) is 9.78 Å². The van der Waals surface area contributed by atoms with Gasteiger partial charge >= 0.3 is 11.7 Å². The van der Waals surface area contributed by atoms with Gasteiger partial charge in [-0.05, 0) is 34.7 Å². The van der Waals surface area contributed by atoms with E-state index in [1.807, 2.05) is 18.2 Å². The highest BCUT2D eigenvalue weighted by molar-refractivity contribution is 14.1. The van der Waals surface area contributed by atoms with Gasteiger partial charge in [0.15, 0.2) is 0 Å². The van der Waals surface area contributed by atoms with Crippen LogP contribution in [0.1, 0.15) is 10.4 Å². The Hall–Kier alpha value is -2.23. The lowest BCUT2D eigenvalue weighted by molar-refractivity contribution is -0.385. The van der Waals surface area contributed by atoms with Gasteiger partial charge in [0.05, 0.1) is 10.6 Å². The Labute approximate surface area is 126 Å². The summed E-state index contributed by atoms with van der Waals surface area (Å²) >= 11 is 2.11. The molecule has 0 aliphatic carbocycles. The molecule has 7 nitrogen and oxygen atoms in total. The number of para-hydroxylation sites is 1. The van der Waals surface area contributed by atoms with Crippen LogP contribution >= 0.6 is 22.6 Å². The van der Waals surface area contributed by atoms with Crippen LogP contribution in [0.5, 0.6) is 0 Å². The number of hydrogen-bond acceptors (Lipinski definition) is 5. The minimum absolute atomic E-state index is 0.233. The van der Waals surface area contributed by atoms with Crippen LogP contribution in [0.2, 0.25) is 0 Å². The number of carboxylic acid groups (broad SMARTS) is 1. The van der Waals surface area contributed by atoms with Gasteiger partial charge < -0.3 is 10.4 Å². The monoisotopic (exact) mass is 385 g/mol. The van der Waals surface area contributed by atoms with Crippen LogP contribution in [0.4, 0.5) is 17.2 Å². The number of anilines is 2. The average molecular weight is 385 g/mol. The van der Waals surface area contributed by atoms with Crippen LogP contribution in [0, 0.1) is 13.7 Å². The standard InChI is InChI=1S/C12H8IN3O4/c13-8-3-1-2-4-9(8)15-11-5-7(12(17)18)10(6-14-11)16(19)20/h1-6H,(H,14,15)(H,17,18). The van der Waals surface area contributed by atoms with Crippen LogP contribution in [-0.2, 0) is 0 Å². The van der Waals surface area contributed by atoms with Crippen molar-refractivity contribution < 1.29 is 14.8 Å². The van der Waals surface area contributed by atoms with Crippen molar-refractivity contribution >= 4 is 45.8 Å². The third kappa shape index (κ3) is 3.02. The van der Waals surface area contributed by atoms with E-state index in [0.29, 0.717) is 0 Å². The lowest BCUT2D eigenvalue weighted by Crippen LogP contribution is -2.05. The Morgan fingerprint density at radius 2 is 2.10 bits per heavy atom. The van der Waals surface area contributed by atoms with Gasteiger partial charge in [-0.3, -0.25) is 10.1 Å². The molecule has 1 aromatic heterocycles. The molecular weight excluding hydrogens is 377 g/mol. The Morgan fingerprint density at radius 1 is 1.40 bits per heavy atom. The molecule has 2 aromatic rings. The Kier molecular flexibility index (Phi) is 4.13. The maximum absolute atomic E-state index is 11.0. The number of carboxylic acids is 1. The number of benzene rings is 1. The van der Waals surface area contributed by atoms with Gasteiger partial charge in [0.1, 0.15) is 17.6 Å². The highest BCUT2D eigenvalue weighted by Gasteiger charge is 2.21. The molecular formula is C12H8IN3O4. The molecule has 1 aromatic carbocycles.